The average molecular weight is 354 g/mol. The summed E-state index contributed by atoms with van der Waals surface area (Å²) in [5.41, 5.74) is 6.48. The second-order valence-electron chi connectivity index (χ2n) is 4.58. The highest BCUT2D eigenvalue weighted by Crippen LogP contribution is 2.23. The summed E-state index contributed by atoms with van der Waals surface area (Å²) in [6.07, 6.45) is 0. The van der Waals surface area contributed by atoms with Crippen molar-refractivity contribution in [1.29, 1.82) is 0 Å². The zero-order valence-corrected chi connectivity index (χ0v) is 13.6. The molecule has 0 radical (unpaired) electrons. The van der Waals surface area contributed by atoms with Crippen LogP contribution in [0.5, 0.6) is 5.75 Å². The average Bonchev–Trinajstić information content (AvgIpc) is 2.52. The Kier molecular flexibility index (Phi) is 5.47. The first kappa shape index (κ1) is 17.1. The van der Waals surface area contributed by atoms with Gasteiger partial charge in [-0.05, 0) is 36.4 Å². The quantitative estimate of drug-likeness (QED) is 0.504. The lowest BCUT2D eigenvalue weighted by Gasteiger charge is -2.08. The highest BCUT2D eigenvalue weighted by molar-refractivity contribution is 6.36. The number of Topliss-reactive ketones (excluding diaryl/α,β-unsaturated/α-hetero) is 1. The molecule has 0 aliphatic rings. The molecule has 0 unspecified atom stereocenters. The van der Waals surface area contributed by atoms with Crippen LogP contribution < -0.4 is 10.5 Å². The molecular weight excluding hydrogens is 341 g/mol. The van der Waals surface area contributed by atoms with E-state index in [-0.39, 0.29) is 16.1 Å². The molecule has 23 heavy (non-hydrogen) atoms. The normalized spacial score (nSPS) is 10.2. The SMILES string of the molecule is COc1ccc(C(=O)OCC(=O)c2ccc(Cl)cc2Cl)cc1N. The summed E-state index contributed by atoms with van der Waals surface area (Å²) >= 11 is 11.7. The molecule has 2 aromatic carbocycles. The van der Waals surface area contributed by atoms with Gasteiger partial charge in [-0.2, -0.15) is 0 Å². The van der Waals surface area contributed by atoms with Gasteiger partial charge in [0.05, 0.1) is 23.4 Å². The Morgan fingerprint density at radius 3 is 2.48 bits per heavy atom. The first-order chi connectivity index (χ1) is 10.9. The molecule has 0 aliphatic heterocycles. The van der Waals surface area contributed by atoms with Gasteiger partial charge in [-0.1, -0.05) is 23.2 Å². The van der Waals surface area contributed by atoms with Crippen molar-refractivity contribution in [2.45, 2.75) is 0 Å². The van der Waals surface area contributed by atoms with E-state index in [0.717, 1.165) is 0 Å². The fraction of sp³-hybridized carbons (Fsp3) is 0.125. The number of carbonyl (C=O) groups excluding carboxylic acids is 2. The van der Waals surface area contributed by atoms with Crippen LogP contribution in [0.3, 0.4) is 0 Å². The van der Waals surface area contributed by atoms with Crippen LogP contribution in [-0.2, 0) is 4.74 Å². The lowest BCUT2D eigenvalue weighted by molar-refractivity contribution is 0.0475. The second-order valence-corrected chi connectivity index (χ2v) is 5.42. The molecule has 0 aromatic heterocycles. The molecule has 0 fully saturated rings. The molecule has 0 atom stereocenters. The fourth-order valence-electron chi connectivity index (χ4n) is 1.87. The molecule has 0 saturated heterocycles. The number of hydrogen-bond donors (Lipinski definition) is 1. The minimum atomic E-state index is -0.669. The molecule has 0 spiro atoms. The van der Waals surface area contributed by atoms with E-state index in [1.807, 2.05) is 0 Å². The number of halogens is 2. The number of ketones is 1. The first-order valence-electron chi connectivity index (χ1n) is 6.51. The van der Waals surface area contributed by atoms with Gasteiger partial charge in [0.1, 0.15) is 5.75 Å². The maximum atomic E-state index is 12.0. The predicted molar refractivity (Wildman–Crippen MR) is 88.5 cm³/mol. The van der Waals surface area contributed by atoms with Gasteiger partial charge in [-0.3, -0.25) is 4.79 Å². The maximum Gasteiger partial charge on any atom is 0.338 e. The first-order valence-corrected chi connectivity index (χ1v) is 7.27. The van der Waals surface area contributed by atoms with E-state index in [1.54, 1.807) is 6.07 Å². The fourth-order valence-corrected chi connectivity index (χ4v) is 2.38. The molecule has 2 aromatic rings. The molecule has 2 N–H and O–H groups in total. The van der Waals surface area contributed by atoms with E-state index in [2.05, 4.69) is 0 Å². The summed E-state index contributed by atoms with van der Waals surface area (Å²) in [5.74, 6) is -0.648. The van der Waals surface area contributed by atoms with Crippen LogP contribution in [0, 0.1) is 0 Å². The number of benzene rings is 2. The van der Waals surface area contributed by atoms with Crippen LogP contribution in [0.4, 0.5) is 5.69 Å². The van der Waals surface area contributed by atoms with Crippen LogP contribution in [0.15, 0.2) is 36.4 Å². The van der Waals surface area contributed by atoms with Gasteiger partial charge in [0.2, 0.25) is 5.78 Å². The molecule has 0 bridgehead atoms. The van der Waals surface area contributed by atoms with Crippen LogP contribution in [0.2, 0.25) is 10.0 Å². The van der Waals surface area contributed by atoms with Crippen LogP contribution in [-0.4, -0.2) is 25.5 Å². The third-order valence-electron chi connectivity index (χ3n) is 3.03. The van der Waals surface area contributed by atoms with Crippen molar-refractivity contribution in [2.75, 3.05) is 19.5 Å². The Hall–Kier alpha value is -2.24. The van der Waals surface area contributed by atoms with E-state index in [9.17, 15) is 9.59 Å². The Balaban J connectivity index is 2.04. The van der Waals surface area contributed by atoms with Gasteiger partial charge in [-0.15, -0.1) is 0 Å². The smallest absolute Gasteiger partial charge is 0.338 e. The zero-order chi connectivity index (χ0) is 17.0. The topological polar surface area (TPSA) is 78.6 Å². The summed E-state index contributed by atoms with van der Waals surface area (Å²) in [4.78, 5) is 24.0. The number of nitrogen functional groups attached to an aromatic ring is 1. The highest BCUT2D eigenvalue weighted by Gasteiger charge is 2.15. The number of carbonyl (C=O) groups is 2. The third kappa shape index (κ3) is 4.15. The number of rotatable bonds is 5. The number of esters is 1. The molecule has 0 saturated carbocycles. The Bertz CT molecular complexity index is 762. The van der Waals surface area contributed by atoms with Crippen molar-refractivity contribution in [3.05, 3.63) is 57.6 Å². The molecule has 0 aliphatic carbocycles. The number of methoxy groups -OCH3 is 1. The van der Waals surface area contributed by atoms with Crippen molar-refractivity contribution >= 4 is 40.6 Å². The van der Waals surface area contributed by atoms with Gasteiger partial charge in [-0.25, -0.2) is 4.79 Å². The van der Waals surface area contributed by atoms with Crippen molar-refractivity contribution in [2.24, 2.45) is 0 Å². The number of anilines is 1. The van der Waals surface area contributed by atoms with Crippen LogP contribution in [0.1, 0.15) is 20.7 Å². The number of ether oxygens (including phenoxy) is 2. The van der Waals surface area contributed by atoms with Gasteiger partial charge >= 0.3 is 5.97 Å². The van der Waals surface area contributed by atoms with E-state index in [1.165, 1.54) is 37.4 Å². The van der Waals surface area contributed by atoms with Crippen molar-refractivity contribution < 1.29 is 19.1 Å². The van der Waals surface area contributed by atoms with Crippen LogP contribution in [0.25, 0.3) is 0 Å². The van der Waals surface area contributed by atoms with Gasteiger partial charge in [0.15, 0.2) is 6.61 Å². The van der Waals surface area contributed by atoms with Crippen LogP contribution >= 0.6 is 23.2 Å². The molecular formula is C16H13Cl2NO4. The molecule has 2 rings (SSSR count). The lowest BCUT2D eigenvalue weighted by atomic mass is 10.1. The molecule has 5 nitrogen and oxygen atoms in total. The van der Waals surface area contributed by atoms with Crippen molar-refractivity contribution in [3.63, 3.8) is 0 Å². The monoisotopic (exact) mass is 353 g/mol. The van der Waals surface area contributed by atoms with E-state index >= 15 is 0 Å². The van der Waals surface area contributed by atoms with E-state index < -0.39 is 18.4 Å². The predicted octanol–water partition coefficient (Wildman–Crippen LogP) is 3.62. The Labute approximate surface area is 142 Å². The maximum absolute atomic E-state index is 12.0. The van der Waals surface area contributed by atoms with E-state index in [0.29, 0.717) is 16.5 Å². The Morgan fingerprint density at radius 2 is 1.87 bits per heavy atom. The summed E-state index contributed by atoms with van der Waals surface area (Å²) < 4.78 is 9.98. The summed E-state index contributed by atoms with van der Waals surface area (Å²) in [5, 5.41) is 0.615. The molecule has 120 valence electrons. The summed E-state index contributed by atoms with van der Waals surface area (Å²) in [6.45, 7) is -0.438. The van der Waals surface area contributed by atoms with Crippen molar-refractivity contribution in [3.8, 4) is 5.75 Å². The number of nitrogens with two attached hydrogens (primary N) is 1. The van der Waals surface area contributed by atoms with Gasteiger partial charge < -0.3 is 15.2 Å². The highest BCUT2D eigenvalue weighted by atomic mass is 35.5. The molecule has 0 heterocycles. The zero-order valence-electron chi connectivity index (χ0n) is 12.1. The Morgan fingerprint density at radius 1 is 1.13 bits per heavy atom. The minimum Gasteiger partial charge on any atom is -0.495 e. The lowest BCUT2D eigenvalue weighted by Crippen LogP contribution is -2.15. The van der Waals surface area contributed by atoms with Gasteiger partial charge in [0.25, 0.3) is 0 Å². The van der Waals surface area contributed by atoms with E-state index in [4.69, 9.17) is 38.4 Å². The standard InChI is InChI=1S/C16H13Cl2NO4/c1-22-15-5-2-9(6-13(15)19)16(21)23-8-14(20)11-4-3-10(17)7-12(11)18/h2-7H,8,19H2,1H3. The third-order valence-corrected chi connectivity index (χ3v) is 3.58. The molecule has 7 heteroatoms. The van der Waals surface area contributed by atoms with Gasteiger partial charge in [0, 0.05) is 10.6 Å². The minimum absolute atomic E-state index is 0.201. The largest absolute Gasteiger partial charge is 0.495 e. The molecule has 0 amide bonds. The summed E-state index contributed by atoms with van der Waals surface area (Å²) in [7, 11) is 1.47. The van der Waals surface area contributed by atoms with Crippen molar-refractivity contribution in [1.82, 2.24) is 0 Å². The number of hydrogen-bond acceptors (Lipinski definition) is 5. The second kappa shape index (κ2) is 7.35. The summed E-state index contributed by atoms with van der Waals surface area (Å²) in [6, 6.07) is 8.92.